The van der Waals surface area contributed by atoms with Gasteiger partial charge in [-0.05, 0) is 23.8 Å². The maximum Gasteiger partial charge on any atom is 0.310 e. The summed E-state index contributed by atoms with van der Waals surface area (Å²) in [6.45, 7) is -0.285. The first-order valence-corrected chi connectivity index (χ1v) is 10.1. The second-order valence-corrected chi connectivity index (χ2v) is 7.54. The lowest BCUT2D eigenvalue weighted by Gasteiger charge is -2.37. The lowest BCUT2D eigenvalue weighted by Crippen LogP contribution is -2.41. The van der Waals surface area contributed by atoms with E-state index in [0.717, 1.165) is 21.9 Å². The molecule has 146 valence electrons. The molecule has 0 aliphatic carbocycles. The zero-order valence-corrected chi connectivity index (χ0v) is 16.2. The van der Waals surface area contributed by atoms with Crippen LogP contribution in [0, 0.1) is 10.1 Å². The summed E-state index contributed by atoms with van der Waals surface area (Å²) < 4.78 is 5.57. The number of anilines is 1. The Labute approximate surface area is 172 Å². The summed E-state index contributed by atoms with van der Waals surface area (Å²) in [6.07, 6.45) is 0. The molecule has 1 heterocycles. The van der Waals surface area contributed by atoms with Gasteiger partial charge in [0.1, 0.15) is 0 Å². The Morgan fingerprint density at radius 1 is 1.03 bits per heavy atom. The van der Waals surface area contributed by atoms with Crippen LogP contribution in [0.1, 0.15) is 11.6 Å². The highest BCUT2D eigenvalue weighted by Gasteiger charge is 2.33. The second kappa shape index (κ2) is 8.36. The molecule has 0 aromatic heterocycles. The van der Waals surface area contributed by atoms with Crippen molar-refractivity contribution < 1.29 is 14.5 Å². The molecule has 29 heavy (non-hydrogen) atoms. The van der Waals surface area contributed by atoms with Gasteiger partial charge in [0.05, 0.1) is 16.7 Å². The minimum Gasteiger partial charge on any atom is -0.477 e. The molecule has 1 aliphatic rings. The van der Waals surface area contributed by atoms with Gasteiger partial charge in [-0.3, -0.25) is 19.8 Å². The molecule has 1 aliphatic heterocycles. The molecule has 1 atom stereocenters. The monoisotopic (exact) mass is 406 g/mol. The van der Waals surface area contributed by atoms with Crippen molar-refractivity contribution in [2.24, 2.45) is 0 Å². The first-order valence-electron chi connectivity index (χ1n) is 9.10. The zero-order chi connectivity index (χ0) is 20.2. The minimum absolute atomic E-state index is 0.0850. The third kappa shape index (κ3) is 3.95. The zero-order valence-electron chi connectivity index (χ0n) is 15.4. The maximum absolute atomic E-state index is 13.2. The molecule has 4 rings (SSSR count). The van der Waals surface area contributed by atoms with E-state index in [-0.39, 0.29) is 30.0 Å². The standard InChI is InChI=1S/C22H18N2O4S/c25-22(14-28-20-12-6-4-10-17(20)24(26)27)23-18-11-5-7-13-21(18)29-15-19(23)16-8-2-1-3-9-16/h1-13,19H,14-15H2. The van der Waals surface area contributed by atoms with Gasteiger partial charge in [0.15, 0.2) is 12.4 Å². The van der Waals surface area contributed by atoms with Gasteiger partial charge in [0, 0.05) is 16.7 Å². The molecule has 1 amide bonds. The van der Waals surface area contributed by atoms with Gasteiger partial charge in [0.25, 0.3) is 5.91 Å². The predicted octanol–water partition coefficient (Wildman–Crippen LogP) is 4.85. The number of rotatable bonds is 5. The number of hydrogen-bond donors (Lipinski definition) is 0. The second-order valence-electron chi connectivity index (χ2n) is 6.48. The average molecular weight is 406 g/mol. The Balaban J connectivity index is 1.63. The van der Waals surface area contributed by atoms with Crippen LogP contribution in [0.25, 0.3) is 0 Å². The molecular weight excluding hydrogens is 388 g/mol. The average Bonchev–Trinajstić information content (AvgIpc) is 2.77. The molecule has 3 aromatic rings. The molecule has 0 saturated heterocycles. The fourth-order valence-electron chi connectivity index (χ4n) is 3.36. The van der Waals surface area contributed by atoms with E-state index < -0.39 is 4.92 Å². The molecular formula is C22H18N2O4S. The highest BCUT2D eigenvalue weighted by atomic mass is 32.2. The van der Waals surface area contributed by atoms with Crippen molar-refractivity contribution in [3.8, 4) is 5.75 Å². The van der Waals surface area contributed by atoms with E-state index in [1.807, 2.05) is 54.6 Å². The van der Waals surface area contributed by atoms with Crippen molar-refractivity contribution in [2.45, 2.75) is 10.9 Å². The topological polar surface area (TPSA) is 72.7 Å². The summed E-state index contributed by atoms with van der Waals surface area (Å²) in [4.78, 5) is 26.7. The van der Waals surface area contributed by atoms with Crippen LogP contribution < -0.4 is 9.64 Å². The van der Waals surface area contributed by atoms with Gasteiger partial charge in [0.2, 0.25) is 0 Å². The van der Waals surface area contributed by atoms with E-state index in [2.05, 4.69) is 0 Å². The number of hydrogen-bond acceptors (Lipinski definition) is 5. The van der Waals surface area contributed by atoms with E-state index in [1.54, 1.807) is 28.8 Å². The Hall–Kier alpha value is -3.32. The number of carbonyl (C=O) groups is 1. The summed E-state index contributed by atoms with van der Waals surface area (Å²) in [6, 6.07) is 23.5. The van der Waals surface area contributed by atoms with Crippen LogP contribution in [0.15, 0.2) is 83.8 Å². The van der Waals surface area contributed by atoms with E-state index in [1.165, 1.54) is 12.1 Å². The van der Waals surface area contributed by atoms with Gasteiger partial charge < -0.3 is 4.74 Å². The van der Waals surface area contributed by atoms with E-state index >= 15 is 0 Å². The first-order chi connectivity index (χ1) is 14.1. The van der Waals surface area contributed by atoms with Crippen LogP contribution in [-0.4, -0.2) is 23.2 Å². The number of nitrogens with zero attached hydrogens (tertiary/aromatic N) is 2. The lowest BCUT2D eigenvalue weighted by molar-refractivity contribution is -0.385. The maximum atomic E-state index is 13.2. The summed E-state index contributed by atoms with van der Waals surface area (Å²) >= 11 is 1.71. The van der Waals surface area contributed by atoms with Crippen molar-refractivity contribution in [3.63, 3.8) is 0 Å². The molecule has 1 unspecified atom stereocenters. The van der Waals surface area contributed by atoms with Crippen LogP contribution in [0.2, 0.25) is 0 Å². The van der Waals surface area contributed by atoms with Gasteiger partial charge in [-0.1, -0.05) is 54.6 Å². The van der Waals surface area contributed by atoms with Crippen LogP contribution in [0.4, 0.5) is 11.4 Å². The van der Waals surface area contributed by atoms with Gasteiger partial charge in [-0.15, -0.1) is 11.8 Å². The first kappa shape index (κ1) is 19.0. The van der Waals surface area contributed by atoms with Crippen molar-refractivity contribution in [2.75, 3.05) is 17.3 Å². The van der Waals surface area contributed by atoms with E-state index in [9.17, 15) is 14.9 Å². The van der Waals surface area contributed by atoms with Gasteiger partial charge in [-0.2, -0.15) is 0 Å². The largest absolute Gasteiger partial charge is 0.477 e. The lowest BCUT2D eigenvalue weighted by atomic mass is 10.1. The minimum atomic E-state index is -0.514. The van der Waals surface area contributed by atoms with Crippen molar-refractivity contribution in [1.82, 2.24) is 0 Å². The van der Waals surface area contributed by atoms with Crippen molar-refractivity contribution in [3.05, 3.63) is 94.5 Å². The summed E-state index contributed by atoms with van der Waals surface area (Å²) in [5, 5.41) is 11.2. The number of nitro benzene ring substituents is 1. The highest BCUT2D eigenvalue weighted by molar-refractivity contribution is 7.99. The Kier molecular flexibility index (Phi) is 5.48. The van der Waals surface area contributed by atoms with Gasteiger partial charge in [-0.25, -0.2) is 0 Å². The van der Waals surface area contributed by atoms with Gasteiger partial charge >= 0.3 is 5.69 Å². The third-order valence-corrected chi connectivity index (χ3v) is 5.84. The molecule has 0 N–H and O–H groups in total. The smallest absolute Gasteiger partial charge is 0.310 e. The molecule has 0 saturated carbocycles. The highest BCUT2D eigenvalue weighted by Crippen LogP contribution is 2.43. The molecule has 3 aromatic carbocycles. The molecule has 0 bridgehead atoms. The Morgan fingerprint density at radius 3 is 2.52 bits per heavy atom. The molecule has 7 heteroatoms. The number of para-hydroxylation sites is 3. The quantitative estimate of drug-likeness (QED) is 0.447. The van der Waals surface area contributed by atoms with Crippen LogP contribution in [0.5, 0.6) is 5.75 Å². The van der Waals surface area contributed by atoms with E-state index in [0.29, 0.717) is 0 Å². The predicted molar refractivity (Wildman–Crippen MR) is 112 cm³/mol. The van der Waals surface area contributed by atoms with Crippen molar-refractivity contribution >= 4 is 29.0 Å². The third-order valence-electron chi connectivity index (χ3n) is 4.70. The Bertz CT molecular complexity index is 1040. The number of carbonyl (C=O) groups excluding carboxylic acids is 1. The van der Waals surface area contributed by atoms with Crippen molar-refractivity contribution in [1.29, 1.82) is 0 Å². The summed E-state index contributed by atoms with van der Waals surface area (Å²) in [5.41, 5.74) is 1.71. The number of ether oxygens (including phenoxy) is 1. The number of fused-ring (bicyclic) bond motifs is 1. The number of nitro groups is 1. The summed E-state index contributed by atoms with van der Waals surface area (Å²) in [5.74, 6) is 0.560. The number of amides is 1. The van der Waals surface area contributed by atoms with Crippen LogP contribution in [0.3, 0.4) is 0 Å². The molecule has 0 spiro atoms. The SMILES string of the molecule is O=C(COc1ccccc1[N+](=O)[O-])N1c2ccccc2SCC1c1ccccc1. The van der Waals surface area contributed by atoms with E-state index in [4.69, 9.17) is 4.74 Å². The number of benzene rings is 3. The molecule has 0 fully saturated rings. The normalized spacial score (nSPS) is 15.4. The fraction of sp³-hybridized carbons (Fsp3) is 0.136. The van der Waals surface area contributed by atoms with Crippen LogP contribution >= 0.6 is 11.8 Å². The fourth-order valence-corrected chi connectivity index (χ4v) is 4.53. The Morgan fingerprint density at radius 2 is 1.72 bits per heavy atom. The van der Waals surface area contributed by atoms with Crippen LogP contribution in [-0.2, 0) is 4.79 Å². The molecule has 0 radical (unpaired) electrons. The summed E-state index contributed by atoms with van der Waals surface area (Å²) in [7, 11) is 0. The number of thioether (sulfide) groups is 1. The molecule has 6 nitrogen and oxygen atoms in total.